The lowest BCUT2D eigenvalue weighted by molar-refractivity contribution is -0.126. The number of phenolic OH excluding ortho intramolecular Hbond substituents is 1. The van der Waals surface area contributed by atoms with E-state index in [1.54, 1.807) is 11.8 Å². The largest absolute Gasteiger partial charge is 0.507 e. The van der Waals surface area contributed by atoms with E-state index in [9.17, 15) is 9.90 Å². The molecular formula is C23H36N2O2S. The van der Waals surface area contributed by atoms with Crippen LogP contribution in [0.25, 0.3) is 6.08 Å². The molecule has 2 rings (SSSR count). The summed E-state index contributed by atoms with van der Waals surface area (Å²) in [6.45, 7) is 15.0. The Labute approximate surface area is 175 Å². The third kappa shape index (κ3) is 5.54. The van der Waals surface area contributed by atoms with Crippen molar-refractivity contribution in [2.45, 2.75) is 52.4 Å². The number of benzene rings is 1. The van der Waals surface area contributed by atoms with E-state index in [0.717, 1.165) is 47.0 Å². The second-order valence-corrected chi connectivity index (χ2v) is 11.1. The van der Waals surface area contributed by atoms with Gasteiger partial charge in [0.05, 0.1) is 4.91 Å². The van der Waals surface area contributed by atoms with Gasteiger partial charge < -0.3 is 14.9 Å². The highest BCUT2D eigenvalue weighted by Gasteiger charge is 2.28. The Morgan fingerprint density at radius 3 is 2.11 bits per heavy atom. The predicted octanol–water partition coefficient (Wildman–Crippen LogP) is 4.47. The van der Waals surface area contributed by atoms with Gasteiger partial charge in [-0.1, -0.05) is 41.5 Å². The van der Waals surface area contributed by atoms with Gasteiger partial charge in [-0.05, 0) is 48.7 Å². The first-order chi connectivity index (χ1) is 12.8. The standard InChI is InChI=1S/C23H36N2O2S/c1-22(2,3)17-13-16(14-18(20(17)26)23(4,5)6)15-19-21(27)25(11-12-28-19)10-9-24(7)8/h13-15,26H,9-12H2,1-8H3. The summed E-state index contributed by atoms with van der Waals surface area (Å²) in [7, 11) is 4.05. The van der Waals surface area contributed by atoms with Crippen molar-refractivity contribution < 1.29 is 9.90 Å². The Morgan fingerprint density at radius 2 is 1.64 bits per heavy atom. The molecule has 1 heterocycles. The van der Waals surface area contributed by atoms with Crippen molar-refractivity contribution in [1.82, 2.24) is 9.80 Å². The van der Waals surface area contributed by atoms with Crippen LogP contribution >= 0.6 is 11.8 Å². The summed E-state index contributed by atoms with van der Waals surface area (Å²) in [5, 5.41) is 10.9. The number of amides is 1. The fourth-order valence-electron chi connectivity index (χ4n) is 3.26. The highest BCUT2D eigenvalue weighted by molar-refractivity contribution is 8.04. The molecule has 0 unspecified atom stereocenters. The fourth-order valence-corrected chi connectivity index (χ4v) is 4.26. The maximum Gasteiger partial charge on any atom is 0.260 e. The summed E-state index contributed by atoms with van der Waals surface area (Å²) >= 11 is 1.63. The number of hydrogen-bond donors (Lipinski definition) is 1. The minimum atomic E-state index is -0.180. The number of rotatable bonds is 4. The topological polar surface area (TPSA) is 43.8 Å². The van der Waals surface area contributed by atoms with E-state index in [4.69, 9.17) is 0 Å². The van der Waals surface area contributed by atoms with E-state index >= 15 is 0 Å². The molecule has 0 bridgehead atoms. The van der Waals surface area contributed by atoms with Crippen molar-refractivity contribution >= 4 is 23.7 Å². The molecule has 1 aliphatic rings. The quantitative estimate of drug-likeness (QED) is 0.752. The van der Waals surface area contributed by atoms with Gasteiger partial charge in [0.2, 0.25) is 0 Å². The number of carbonyl (C=O) groups is 1. The van der Waals surface area contributed by atoms with Crippen LogP contribution in [-0.4, -0.2) is 60.3 Å². The summed E-state index contributed by atoms with van der Waals surface area (Å²) < 4.78 is 0. The first-order valence-corrected chi connectivity index (χ1v) is 11.0. The van der Waals surface area contributed by atoms with Crippen molar-refractivity contribution in [2.24, 2.45) is 0 Å². The number of hydrogen-bond acceptors (Lipinski definition) is 4. The minimum Gasteiger partial charge on any atom is -0.507 e. The van der Waals surface area contributed by atoms with Gasteiger partial charge in [-0.15, -0.1) is 11.8 Å². The second-order valence-electron chi connectivity index (χ2n) is 9.92. The molecule has 28 heavy (non-hydrogen) atoms. The van der Waals surface area contributed by atoms with Crippen molar-refractivity contribution in [3.63, 3.8) is 0 Å². The molecule has 1 aliphatic heterocycles. The molecule has 0 spiro atoms. The Morgan fingerprint density at radius 1 is 1.11 bits per heavy atom. The van der Waals surface area contributed by atoms with Crippen LogP contribution in [0.4, 0.5) is 0 Å². The molecule has 1 aromatic rings. The number of thioether (sulfide) groups is 1. The van der Waals surface area contributed by atoms with Crippen molar-refractivity contribution in [3.8, 4) is 5.75 Å². The van der Waals surface area contributed by atoms with E-state index in [0.29, 0.717) is 5.75 Å². The first kappa shape index (κ1) is 22.8. The summed E-state index contributed by atoms with van der Waals surface area (Å²) in [4.78, 5) is 17.8. The van der Waals surface area contributed by atoms with Crippen molar-refractivity contribution in [3.05, 3.63) is 33.7 Å². The lowest BCUT2D eigenvalue weighted by Gasteiger charge is -2.30. The summed E-state index contributed by atoms with van der Waals surface area (Å²) in [6, 6.07) is 4.06. The molecule has 0 aromatic heterocycles. The molecule has 0 saturated carbocycles. The summed E-state index contributed by atoms with van der Waals surface area (Å²) in [5.41, 5.74) is 2.46. The van der Waals surface area contributed by atoms with Crippen molar-refractivity contribution in [1.29, 1.82) is 0 Å². The molecule has 0 atom stereocenters. The zero-order valence-corrected chi connectivity index (χ0v) is 19.5. The van der Waals surface area contributed by atoms with Crippen LogP contribution in [-0.2, 0) is 15.6 Å². The van der Waals surface area contributed by atoms with Gasteiger partial charge >= 0.3 is 0 Å². The van der Waals surface area contributed by atoms with Gasteiger partial charge in [0, 0.05) is 36.5 Å². The van der Waals surface area contributed by atoms with E-state index in [-0.39, 0.29) is 16.7 Å². The highest BCUT2D eigenvalue weighted by Crippen LogP contribution is 2.40. The normalized spacial score (nSPS) is 17.7. The molecule has 1 fully saturated rings. The molecule has 1 aromatic carbocycles. The third-order valence-corrected chi connectivity index (χ3v) is 5.97. The van der Waals surface area contributed by atoms with E-state index in [2.05, 4.69) is 46.4 Å². The van der Waals surface area contributed by atoms with Crippen LogP contribution in [0.5, 0.6) is 5.75 Å². The van der Waals surface area contributed by atoms with Gasteiger partial charge in [0.25, 0.3) is 5.91 Å². The van der Waals surface area contributed by atoms with Gasteiger partial charge in [-0.3, -0.25) is 4.79 Å². The minimum absolute atomic E-state index is 0.112. The smallest absolute Gasteiger partial charge is 0.260 e. The Bertz CT molecular complexity index is 720. The van der Waals surface area contributed by atoms with Gasteiger partial charge in [-0.25, -0.2) is 0 Å². The summed E-state index contributed by atoms with van der Waals surface area (Å²) in [5.74, 6) is 1.40. The van der Waals surface area contributed by atoms with Gasteiger partial charge in [0.1, 0.15) is 5.75 Å². The molecule has 5 heteroatoms. The van der Waals surface area contributed by atoms with E-state index in [1.807, 2.05) is 37.2 Å². The SMILES string of the molecule is CN(C)CCN1CCSC(=Cc2cc(C(C)(C)C)c(O)c(C(C)(C)C)c2)C1=O. The van der Waals surface area contributed by atoms with Crippen molar-refractivity contribution in [2.75, 3.05) is 39.5 Å². The number of phenols is 1. The zero-order chi connectivity index (χ0) is 21.3. The van der Waals surface area contributed by atoms with Crippen LogP contribution < -0.4 is 0 Å². The number of aromatic hydroxyl groups is 1. The Balaban J connectivity index is 2.45. The fraction of sp³-hybridized carbons (Fsp3) is 0.609. The lowest BCUT2D eigenvalue weighted by atomic mass is 9.78. The van der Waals surface area contributed by atoms with Gasteiger partial charge in [0.15, 0.2) is 0 Å². The third-order valence-electron chi connectivity index (χ3n) is 4.98. The number of carbonyl (C=O) groups excluding carboxylic acids is 1. The Kier molecular flexibility index (Phi) is 6.93. The molecule has 156 valence electrons. The highest BCUT2D eigenvalue weighted by atomic mass is 32.2. The maximum atomic E-state index is 12.9. The average molecular weight is 405 g/mol. The first-order valence-electron chi connectivity index (χ1n) is 9.97. The molecule has 0 radical (unpaired) electrons. The summed E-state index contributed by atoms with van der Waals surface area (Å²) in [6.07, 6.45) is 2.00. The molecule has 4 nitrogen and oxygen atoms in total. The average Bonchev–Trinajstić information content (AvgIpc) is 2.54. The van der Waals surface area contributed by atoms with Crippen LogP contribution in [0.2, 0.25) is 0 Å². The molecular weight excluding hydrogens is 368 g/mol. The van der Waals surface area contributed by atoms with E-state index < -0.39 is 0 Å². The van der Waals surface area contributed by atoms with Crippen LogP contribution in [0.15, 0.2) is 17.0 Å². The van der Waals surface area contributed by atoms with Crippen LogP contribution in [0.3, 0.4) is 0 Å². The second kappa shape index (κ2) is 8.50. The predicted molar refractivity (Wildman–Crippen MR) is 121 cm³/mol. The maximum absolute atomic E-state index is 12.9. The molecule has 1 saturated heterocycles. The molecule has 0 aliphatic carbocycles. The monoisotopic (exact) mass is 404 g/mol. The van der Waals surface area contributed by atoms with E-state index in [1.165, 1.54) is 0 Å². The number of likely N-dealkylation sites (N-methyl/N-ethyl adjacent to an activating group) is 1. The molecule has 1 amide bonds. The van der Waals surface area contributed by atoms with Crippen LogP contribution in [0, 0.1) is 0 Å². The van der Waals surface area contributed by atoms with Gasteiger partial charge in [-0.2, -0.15) is 0 Å². The van der Waals surface area contributed by atoms with Crippen LogP contribution in [0.1, 0.15) is 58.2 Å². The Hall–Kier alpha value is -1.46. The molecule has 1 N–H and O–H groups in total. The number of nitrogens with zero attached hydrogens (tertiary/aromatic N) is 2. The zero-order valence-electron chi connectivity index (χ0n) is 18.7. The lowest BCUT2D eigenvalue weighted by Crippen LogP contribution is -2.41.